The Kier molecular flexibility index (Phi) is 4.04. The fraction of sp³-hybridized carbons (Fsp3) is 0.267. The minimum absolute atomic E-state index is 0.0185. The summed E-state index contributed by atoms with van der Waals surface area (Å²) in [5, 5.41) is 10.6. The molecule has 1 aliphatic carbocycles. The summed E-state index contributed by atoms with van der Waals surface area (Å²) < 4.78 is 9.72. The molecule has 0 spiro atoms. The van der Waals surface area contributed by atoms with E-state index < -0.39 is 15.2 Å². The van der Waals surface area contributed by atoms with E-state index in [0.717, 1.165) is 0 Å². The van der Waals surface area contributed by atoms with E-state index in [1.54, 1.807) is 18.2 Å². The molecule has 1 aromatic carbocycles. The second-order valence-corrected chi connectivity index (χ2v) is 6.77. The van der Waals surface area contributed by atoms with Crippen molar-refractivity contribution in [2.24, 2.45) is 5.92 Å². The Morgan fingerprint density at radius 1 is 1.30 bits per heavy atom. The van der Waals surface area contributed by atoms with E-state index >= 15 is 0 Å². The zero-order chi connectivity index (χ0) is 16.6. The van der Waals surface area contributed by atoms with Crippen LogP contribution in [0.1, 0.15) is 17.0 Å². The van der Waals surface area contributed by atoms with Gasteiger partial charge in [-0.15, -0.1) is 23.2 Å². The highest BCUT2D eigenvalue weighted by atomic mass is 35.5. The molecule has 0 bridgehead atoms. The molecule has 0 radical (unpaired) electrons. The maximum Gasteiger partial charge on any atom is 0.374 e. The minimum atomic E-state index is -0.798. The lowest BCUT2D eigenvalue weighted by Crippen LogP contribution is -2.08. The molecule has 0 amide bonds. The van der Waals surface area contributed by atoms with Crippen molar-refractivity contribution < 1.29 is 18.9 Å². The van der Waals surface area contributed by atoms with Gasteiger partial charge in [-0.2, -0.15) is 0 Å². The zero-order valence-electron chi connectivity index (χ0n) is 11.7. The maximum absolute atomic E-state index is 11.9. The van der Waals surface area contributed by atoms with Gasteiger partial charge in [-0.05, 0) is 30.7 Å². The third-order valence-corrected chi connectivity index (χ3v) is 4.47. The summed E-state index contributed by atoms with van der Waals surface area (Å²) in [7, 11) is 0. The number of halogens is 2. The van der Waals surface area contributed by atoms with Gasteiger partial charge in [0.15, 0.2) is 0 Å². The van der Waals surface area contributed by atoms with Gasteiger partial charge in [0.1, 0.15) is 10.1 Å². The highest BCUT2D eigenvalue weighted by Crippen LogP contribution is 2.53. The number of esters is 1. The van der Waals surface area contributed by atoms with Crippen molar-refractivity contribution >= 4 is 34.9 Å². The average Bonchev–Trinajstić information content (AvgIpc) is 2.92. The van der Waals surface area contributed by atoms with Gasteiger partial charge >= 0.3 is 5.97 Å². The molecular formula is C15H11Cl2NO5. The number of furan rings is 1. The second-order valence-electron chi connectivity index (χ2n) is 5.23. The molecule has 8 heteroatoms. The standard InChI is InChI=1S/C15H11Cl2NO5/c16-15(17)7-10(15)8-22-14(19)13-6-5-12(23-13)9-1-3-11(4-2-9)18(20)21/h1-6,10H,7-8H2/t10-/m0/s1. The summed E-state index contributed by atoms with van der Waals surface area (Å²) in [5.41, 5.74) is 0.604. The van der Waals surface area contributed by atoms with E-state index in [4.69, 9.17) is 32.4 Å². The van der Waals surface area contributed by atoms with Gasteiger partial charge in [0.25, 0.3) is 5.69 Å². The molecule has 0 aliphatic heterocycles. The number of hydrogen-bond donors (Lipinski definition) is 0. The number of non-ortho nitro benzene ring substituents is 1. The molecule has 2 aromatic rings. The van der Waals surface area contributed by atoms with Crippen LogP contribution in [-0.4, -0.2) is 21.8 Å². The topological polar surface area (TPSA) is 82.6 Å². The van der Waals surface area contributed by atoms with Crippen LogP contribution in [0, 0.1) is 16.0 Å². The third-order valence-electron chi connectivity index (χ3n) is 3.54. The van der Waals surface area contributed by atoms with Crippen LogP contribution >= 0.6 is 23.2 Å². The molecule has 6 nitrogen and oxygen atoms in total. The lowest BCUT2D eigenvalue weighted by atomic mass is 10.1. The molecule has 23 heavy (non-hydrogen) atoms. The monoisotopic (exact) mass is 355 g/mol. The van der Waals surface area contributed by atoms with Crippen LogP contribution in [0.15, 0.2) is 40.8 Å². The quantitative estimate of drug-likeness (QED) is 0.347. The molecule has 1 fully saturated rings. The molecule has 0 saturated heterocycles. The number of hydrogen-bond acceptors (Lipinski definition) is 5. The van der Waals surface area contributed by atoms with Gasteiger partial charge in [-0.25, -0.2) is 4.79 Å². The van der Waals surface area contributed by atoms with Crippen molar-refractivity contribution in [1.29, 1.82) is 0 Å². The molecule has 1 atom stereocenters. The van der Waals surface area contributed by atoms with E-state index in [0.29, 0.717) is 17.7 Å². The molecule has 120 valence electrons. The minimum Gasteiger partial charge on any atom is -0.459 e. The lowest BCUT2D eigenvalue weighted by Gasteiger charge is -2.02. The summed E-state index contributed by atoms with van der Waals surface area (Å²) in [4.78, 5) is 22.0. The molecule has 0 N–H and O–H groups in total. The van der Waals surface area contributed by atoms with Crippen molar-refractivity contribution in [3.63, 3.8) is 0 Å². The Balaban J connectivity index is 1.65. The van der Waals surface area contributed by atoms with Gasteiger partial charge in [-0.3, -0.25) is 10.1 Å². The van der Waals surface area contributed by atoms with Gasteiger partial charge < -0.3 is 9.15 Å². The summed E-state index contributed by atoms with van der Waals surface area (Å²) >= 11 is 11.7. The zero-order valence-corrected chi connectivity index (χ0v) is 13.2. The Bertz CT molecular complexity index is 753. The van der Waals surface area contributed by atoms with E-state index in [-0.39, 0.29) is 24.0 Å². The highest BCUT2D eigenvalue weighted by Gasteiger charge is 2.52. The molecular weight excluding hydrogens is 345 g/mol. The number of nitro benzene ring substituents is 1. The first-order valence-electron chi connectivity index (χ1n) is 6.76. The largest absolute Gasteiger partial charge is 0.459 e. The number of alkyl halides is 2. The first kappa shape index (κ1) is 15.8. The van der Waals surface area contributed by atoms with Crippen molar-refractivity contribution in [3.8, 4) is 11.3 Å². The Labute approximate surface area is 141 Å². The van der Waals surface area contributed by atoms with Crippen LogP contribution in [0.25, 0.3) is 11.3 Å². The number of carbonyl (C=O) groups excluding carboxylic acids is 1. The van der Waals surface area contributed by atoms with Crippen LogP contribution in [0.4, 0.5) is 5.69 Å². The first-order valence-corrected chi connectivity index (χ1v) is 7.52. The summed E-state index contributed by atoms with van der Waals surface area (Å²) in [6.07, 6.45) is 0.593. The van der Waals surface area contributed by atoms with Crippen molar-refractivity contribution in [2.45, 2.75) is 10.8 Å². The normalized spacial score (nSPS) is 18.4. The molecule has 1 heterocycles. The van der Waals surface area contributed by atoms with Crippen molar-refractivity contribution in [2.75, 3.05) is 6.61 Å². The number of nitrogens with zero attached hydrogens (tertiary/aromatic N) is 1. The second kappa shape index (κ2) is 5.86. The Morgan fingerprint density at radius 2 is 1.96 bits per heavy atom. The SMILES string of the molecule is O=C(OC[C@@H]1CC1(Cl)Cl)c1ccc(-c2ccc([N+](=O)[O-])cc2)o1. The fourth-order valence-corrected chi connectivity index (χ4v) is 2.55. The molecule has 0 unspecified atom stereocenters. The average molecular weight is 356 g/mol. The van der Waals surface area contributed by atoms with E-state index in [1.165, 1.54) is 18.2 Å². The molecule has 1 saturated carbocycles. The van der Waals surface area contributed by atoms with Gasteiger partial charge in [0.05, 0.1) is 11.5 Å². The predicted octanol–water partition coefficient (Wildman–Crippen LogP) is 4.21. The van der Waals surface area contributed by atoms with E-state index in [2.05, 4.69) is 0 Å². The number of nitro groups is 1. The summed E-state index contributed by atoms with van der Waals surface area (Å²) in [5.74, 6) is -0.191. The summed E-state index contributed by atoms with van der Waals surface area (Å²) in [6, 6.07) is 8.91. The Hall–Kier alpha value is -2.05. The fourth-order valence-electron chi connectivity index (χ4n) is 2.05. The maximum atomic E-state index is 11.9. The van der Waals surface area contributed by atoms with E-state index in [9.17, 15) is 14.9 Å². The van der Waals surface area contributed by atoms with Crippen LogP contribution in [0.2, 0.25) is 0 Å². The number of rotatable bonds is 5. The van der Waals surface area contributed by atoms with Crippen LogP contribution in [0.5, 0.6) is 0 Å². The first-order chi connectivity index (χ1) is 10.9. The summed E-state index contributed by atoms with van der Waals surface area (Å²) in [6.45, 7) is 0.138. The van der Waals surface area contributed by atoms with Crippen molar-refractivity contribution in [3.05, 3.63) is 52.3 Å². The molecule has 1 aromatic heterocycles. The van der Waals surface area contributed by atoms with Gasteiger partial charge in [0, 0.05) is 23.6 Å². The van der Waals surface area contributed by atoms with Crippen LogP contribution < -0.4 is 0 Å². The van der Waals surface area contributed by atoms with Gasteiger partial charge in [0.2, 0.25) is 5.76 Å². The Morgan fingerprint density at radius 3 is 2.52 bits per heavy atom. The third kappa shape index (κ3) is 3.48. The number of ether oxygens (including phenoxy) is 1. The van der Waals surface area contributed by atoms with Crippen molar-refractivity contribution in [1.82, 2.24) is 0 Å². The molecule has 1 aliphatic rings. The smallest absolute Gasteiger partial charge is 0.374 e. The lowest BCUT2D eigenvalue weighted by molar-refractivity contribution is -0.384. The van der Waals surface area contributed by atoms with Gasteiger partial charge in [-0.1, -0.05) is 0 Å². The highest BCUT2D eigenvalue weighted by molar-refractivity contribution is 6.50. The van der Waals surface area contributed by atoms with Crippen LogP contribution in [-0.2, 0) is 4.74 Å². The molecule has 3 rings (SSSR count). The number of benzene rings is 1. The van der Waals surface area contributed by atoms with E-state index in [1.807, 2.05) is 0 Å². The predicted molar refractivity (Wildman–Crippen MR) is 83.6 cm³/mol. The van der Waals surface area contributed by atoms with Crippen LogP contribution in [0.3, 0.4) is 0 Å². The number of carbonyl (C=O) groups is 1.